The molecule has 2 rings (SSSR count). The van der Waals surface area contributed by atoms with Crippen LogP contribution in [0, 0.1) is 10.1 Å². The SMILES string of the molecule is CCOC1CCCN(c2ncc(Br)cc2[N+](=O)[O-])C1. The summed E-state index contributed by atoms with van der Waals surface area (Å²) < 4.78 is 6.22. The van der Waals surface area contributed by atoms with Gasteiger partial charge in [0.05, 0.1) is 11.0 Å². The molecule has 104 valence electrons. The molecule has 0 radical (unpaired) electrons. The largest absolute Gasteiger partial charge is 0.377 e. The Morgan fingerprint density at radius 2 is 2.47 bits per heavy atom. The third kappa shape index (κ3) is 3.42. The van der Waals surface area contributed by atoms with Gasteiger partial charge in [-0.3, -0.25) is 10.1 Å². The molecule has 1 aliphatic heterocycles. The summed E-state index contributed by atoms with van der Waals surface area (Å²) in [5, 5.41) is 11.1. The molecular weight excluding hydrogens is 314 g/mol. The number of nitro groups is 1. The Bertz CT molecular complexity index is 468. The number of hydrogen-bond acceptors (Lipinski definition) is 5. The lowest BCUT2D eigenvalue weighted by Gasteiger charge is -2.32. The smallest absolute Gasteiger partial charge is 0.312 e. The minimum absolute atomic E-state index is 0.0338. The zero-order valence-electron chi connectivity index (χ0n) is 10.7. The average molecular weight is 330 g/mol. The van der Waals surface area contributed by atoms with Crippen molar-refractivity contribution in [2.75, 3.05) is 24.6 Å². The number of ether oxygens (including phenoxy) is 1. The Kier molecular flexibility index (Phi) is 4.71. The molecule has 0 N–H and O–H groups in total. The summed E-state index contributed by atoms with van der Waals surface area (Å²) in [7, 11) is 0. The number of hydrogen-bond donors (Lipinski definition) is 0. The summed E-state index contributed by atoms with van der Waals surface area (Å²) in [5.74, 6) is 0.428. The first-order valence-corrected chi connectivity index (χ1v) is 7.07. The van der Waals surface area contributed by atoms with Crippen molar-refractivity contribution in [1.82, 2.24) is 4.98 Å². The van der Waals surface area contributed by atoms with Crippen LogP contribution in [-0.4, -0.2) is 35.7 Å². The second kappa shape index (κ2) is 6.29. The fourth-order valence-corrected chi connectivity index (χ4v) is 2.62. The predicted octanol–water partition coefficient (Wildman–Crippen LogP) is 2.76. The molecule has 1 aliphatic rings. The van der Waals surface area contributed by atoms with Crippen LogP contribution in [0.2, 0.25) is 0 Å². The monoisotopic (exact) mass is 329 g/mol. The molecule has 0 aliphatic carbocycles. The number of anilines is 1. The van der Waals surface area contributed by atoms with Gasteiger partial charge in [0, 0.05) is 36.4 Å². The molecule has 0 amide bonds. The lowest BCUT2D eigenvalue weighted by molar-refractivity contribution is -0.384. The number of pyridine rings is 1. The summed E-state index contributed by atoms with van der Waals surface area (Å²) >= 11 is 3.22. The van der Waals surface area contributed by atoms with E-state index >= 15 is 0 Å². The second-order valence-corrected chi connectivity index (χ2v) is 5.33. The minimum Gasteiger partial charge on any atom is -0.377 e. The maximum absolute atomic E-state index is 11.1. The Morgan fingerprint density at radius 3 is 3.16 bits per heavy atom. The first-order chi connectivity index (χ1) is 9.11. The Labute approximate surface area is 120 Å². The molecule has 2 heterocycles. The van der Waals surface area contributed by atoms with Crippen LogP contribution in [0.1, 0.15) is 19.8 Å². The van der Waals surface area contributed by atoms with Gasteiger partial charge in [-0.15, -0.1) is 0 Å². The van der Waals surface area contributed by atoms with Crippen molar-refractivity contribution in [1.29, 1.82) is 0 Å². The first-order valence-electron chi connectivity index (χ1n) is 6.28. The molecule has 1 fully saturated rings. The number of nitrogens with zero attached hydrogens (tertiary/aromatic N) is 3. The van der Waals surface area contributed by atoms with E-state index in [1.54, 1.807) is 6.20 Å². The van der Waals surface area contributed by atoms with Gasteiger partial charge in [-0.2, -0.15) is 0 Å². The van der Waals surface area contributed by atoms with Crippen LogP contribution in [-0.2, 0) is 4.74 Å². The van der Waals surface area contributed by atoms with E-state index in [4.69, 9.17) is 4.74 Å². The lowest BCUT2D eigenvalue weighted by Crippen LogP contribution is -2.40. The zero-order chi connectivity index (χ0) is 13.8. The summed E-state index contributed by atoms with van der Waals surface area (Å²) in [6.45, 7) is 4.05. The highest BCUT2D eigenvalue weighted by Gasteiger charge is 2.27. The predicted molar refractivity (Wildman–Crippen MR) is 75.5 cm³/mol. The highest BCUT2D eigenvalue weighted by atomic mass is 79.9. The number of piperidine rings is 1. The third-order valence-corrected chi connectivity index (χ3v) is 3.52. The topological polar surface area (TPSA) is 68.5 Å². The molecular formula is C12H16BrN3O3. The van der Waals surface area contributed by atoms with Gasteiger partial charge in [-0.1, -0.05) is 0 Å². The molecule has 0 aromatic carbocycles. The van der Waals surface area contributed by atoms with Crippen molar-refractivity contribution in [3.8, 4) is 0 Å². The Hall–Kier alpha value is -1.21. The van der Waals surface area contributed by atoms with Crippen LogP contribution in [0.4, 0.5) is 11.5 Å². The first kappa shape index (κ1) is 14.2. The molecule has 1 aromatic heterocycles. The molecule has 7 heteroatoms. The van der Waals surface area contributed by atoms with Gasteiger partial charge in [-0.25, -0.2) is 4.98 Å². The fourth-order valence-electron chi connectivity index (χ4n) is 2.30. The molecule has 19 heavy (non-hydrogen) atoms. The van der Waals surface area contributed by atoms with E-state index in [0.29, 0.717) is 23.4 Å². The molecule has 0 saturated carbocycles. The van der Waals surface area contributed by atoms with E-state index in [-0.39, 0.29) is 11.8 Å². The molecule has 0 bridgehead atoms. The Morgan fingerprint density at radius 1 is 1.68 bits per heavy atom. The van der Waals surface area contributed by atoms with Gasteiger partial charge in [0.25, 0.3) is 0 Å². The minimum atomic E-state index is -0.391. The maximum atomic E-state index is 11.1. The Balaban J connectivity index is 2.23. The van der Waals surface area contributed by atoms with Crippen molar-refractivity contribution < 1.29 is 9.66 Å². The summed E-state index contributed by atoms with van der Waals surface area (Å²) in [5.41, 5.74) is 0.0338. The van der Waals surface area contributed by atoms with Crippen molar-refractivity contribution >= 4 is 27.4 Å². The van der Waals surface area contributed by atoms with Crippen molar-refractivity contribution in [3.05, 3.63) is 26.9 Å². The van der Waals surface area contributed by atoms with E-state index in [0.717, 1.165) is 19.4 Å². The second-order valence-electron chi connectivity index (χ2n) is 4.42. The van der Waals surface area contributed by atoms with Crippen LogP contribution in [0.15, 0.2) is 16.7 Å². The molecule has 6 nitrogen and oxygen atoms in total. The van der Waals surface area contributed by atoms with Gasteiger partial charge < -0.3 is 9.64 Å². The quantitative estimate of drug-likeness (QED) is 0.627. The highest BCUT2D eigenvalue weighted by molar-refractivity contribution is 9.10. The standard InChI is InChI=1S/C12H16BrN3O3/c1-2-19-10-4-3-5-15(8-10)12-11(16(17)18)6-9(13)7-14-12/h6-7,10H,2-5,8H2,1H3. The normalized spacial score (nSPS) is 19.5. The number of halogens is 1. The van der Waals surface area contributed by atoms with Gasteiger partial charge >= 0.3 is 5.69 Å². The van der Waals surface area contributed by atoms with Crippen LogP contribution in [0.5, 0.6) is 0 Å². The van der Waals surface area contributed by atoms with Crippen molar-refractivity contribution in [2.24, 2.45) is 0 Å². The summed E-state index contributed by atoms with van der Waals surface area (Å²) in [6.07, 6.45) is 3.67. The lowest BCUT2D eigenvalue weighted by atomic mass is 10.1. The zero-order valence-corrected chi connectivity index (χ0v) is 12.3. The molecule has 1 atom stereocenters. The van der Waals surface area contributed by atoms with E-state index < -0.39 is 4.92 Å². The molecule has 0 spiro atoms. The molecule has 1 aromatic rings. The summed E-state index contributed by atoms with van der Waals surface area (Å²) in [6, 6.07) is 1.49. The average Bonchev–Trinajstić information content (AvgIpc) is 2.39. The molecule has 1 unspecified atom stereocenters. The van der Waals surface area contributed by atoms with Gasteiger partial charge in [0.2, 0.25) is 5.82 Å². The van der Waals surface area contributed by atoms with Crippen molar-refractivity contribution in [2.45, 2.75) is 25.9 Å². The van der Waals surface area contributed by atoms with Gasteiger partial charge in [-0.05, 0) is 35.7 Å². The highest BCUT2D eigenvalue weighted by Crippen LogP contribution is 2.30. The van der Waals surface area contributed by atoms with E-state index in [1.807, 2.05) is 11.8 Å². The number of rotatable bonds is 4. The van der Waals surface area contributed by atoms with Gasteiger partial charge in [0.15, 0.2) is 0 Å². The van der Waals surface area contributed by atoms with Crippen LogP contribution >= 0.6 is 15.9 Å². The van der Waals surface area contributed by atoms with Gasteiger partial charge in [0.1, 0.15) is 0 Å². The third-order valence-electron chi connectivity index (χ3n) is 3.09. The molecule has 1 saturated heterocycles. The van der Waals surface area contributed by atoms with Crippen LogP contribution in [0.25, 0.3) is 0 Å². The van der Waals surface area contributed by atoms with Crippen LogP contribution < -0.4 is 4.90 Å². The maximum Gasteiger partial charge on any atom is 0.312 e. The fraction of sp³-hybridized carbons (Fsp3) is 0.583. The van der Waals surface area contributed by atoms with Crippen LogP contribution in [0.3, 0.4) is 0 Å². The summed E-state index contributed by atoms with van der Waals surface area (Å²) in [4.78, 5) is 16.9. The van der Waals surface area contributed by atoms with E-state index in [1.165, 1.54) is 6.07 Å². The van der Waals surface area contributed by atoms with E-state index in [9.17, 15) is 10.1 Å². The van der Waals surface area contributed by atoms with E-state index in [2.05, 4.69) is 20.9 Å². The van der Waals surface area contributed by atoms with Crippen molar-refractivity contribution in [3.63, 3.8) is 0 Å². The number of aromatic nitrogens is 1.